The number of carbonyl (C=O) groups is 2. The van der Waals surface area contributed by atoms with E-state index >= 15 is 0 Å². The van der Waals surface area contributed by atoms with Gasteiger partial charge in [-0.2, -0.15) is 0 Å². The van der Waals surface area contributed by atoms with E-state index < -0.39 is 12.1 Å². The van der Waals surface area contributed by atoms with Gasteiger partial charge in [0.25, 0.3) is 0 Å². The fraction of sp³-hybridized carbons (Fsp3) is 0.333. The number of likely N-dealkylation sites (tertiary alicyclic amines) is 1. The number of nitrogens with zero attached hydrogens (tertiary/aromatic N) is 1. The number of rotatable bonds is 4. The minimum atomic E-state index is -1.01. The maximum absolute atomic E-state index is 12.0. The fourth-order valence-corrected chi connectivity index (χ4v) is 2.21. The Labute approximate surface area is 117 Å². The van der Waals surface area contributed by atoms with Crippen molar-refractivity contribution >= 4 is 12.1 Å². The molecule has 0 aliphatic carbocycles. The molecule has 1 aliphatic heterocycles. The molecule has 0 bridgehead atoms. The van der Waals surface area contributed by atoms with Crippen LogP contribution in [0.2, 0.25) is 0 Å². The second-order valence-electron chi connectivity index (χ2n) is 4.64. The van der Waals surface area contributed by atoms with Crippen LogP contribution >= 0.6 is 0 Å². The average molecular weight is 275 g/mol. The highest BCUT2D eigenvalue weighted by Crippen LogP contribution is 2.19. The molecule has 1 aromatic rings. The molecule has 1 heterocycles. The summed E-state index contributed by atoms with van der Waals surface area (Å²) in [6.45, 7) is 0.827. The second-order valence-corrected chi connectivity index (χ2v) is 4.64. The third-order valence-corrected chi connectivity index (χ3v) is 3.20. The molecule has 0 aromatic heterocycles. The van der Waals surface area contributed by atoms with Crippen LogP contribution in [0.1, 0.15) is 18.4 Å². The highest BCUT2D eigenvalue weighted by Gasteiger charge is 2.28. The lowest BCUT2D eigenvalue weighted by Crippen LogP contribution is -2.34. The third-order valence-electron chi connectivity index (χ3n) is 3.20. The zero-order chi connectivity index (χ0) is 14.4. The zero-order valence-corrected chi connectivity index (χ0v) is 11.1. The van der Waals surface area contributed by atoms with Crippen LogP contribution in [-0.4, -0.2) is 34.7 Å². The van der Waals surface area contributed by atoms with Gasteiger partial charge < -0.3 is 14.7 Å². The summed E-state index contributed by atoms with van der Waals surface area (Å²) in [4.78, 5) is 24.1. The molecule has 1 N–H and O–H groups in total. The number of carboxylic acid groups (broad SMARTS) is 1. The van der Waals surface area contributed by atoms with Crippen LogP contribution in [0.15, 0.2) is 42.5 Å². The van der Waals surface area contributed by atoms with Crippen molar-refractivity contribution in [2.24, 2.45) is 0 Å². The van der Waals surface area contributed by atoms with Crippen molar-refractivity contribution in [3.05, 3.63) is 48.0 Å². The summed E-state index contributed by atoms with van der Waals surface area (Å²) in [6, 6.07) is 9.26. The Balaban J connectivity index is 1.89. The number of carboxylic acids is 1. The molecule has 1 atom stereocenters. The average Bonchev–Trinajstić information content (AvgIpc) is 2.92. The van der Waals surface area contributed by atoms with Gasteiger partial charge >= 0.3 is 12.1 Å². The van der Waals surface area contributed by atoms with Crippen molar-refractivity contribution in [3.63, 3.8) is 0 Å². The van der Waals surface area contributed by atoms with Gasteiger partial charge in [-0.05, 0) is 18.4 Å². The first-order valence-electron chi connectivity index (χ1n) is 6.55. The van der Waals surface area contributed by atoms with E-state index in [1.807, 2.05) is 30.3 Å². The molecule has 2 rings (SSSR count). The van der Waals surface area contributed by atoms with Crippen LogP contribution in [0.4, 0.5) is 4.79 Å². The number of hydrogen-bond donors (Lipinski definition) is 1. The van der Waals surface area contributed by atoms with Crippen LogP contribution < -0.4 is 0 Å². The molecule has 1 saturated heterocycles. The zero-order valence-electron chi connectivity index (χ0n) is 11.1. The number of hydrogen-bond acceptors (Lipinski definition) is 3. The van der Waals surface area contributed by atoms with Crippen molar-refractivity contribution in [1.29, 1.82) is 0 Å². The van der Waals surface area contributed by atoms with Gasteiger partial charge in [-0.1, -0.05) is 36.4 Å². The van der Waals surface area contributed by atoms with Crippen LogP contribution in [-0.2, 0) is 16.1 Å². The SMILES string of the molecule is O=C(O)C=CC1CCCN1C(=O)OCc1ccccc1. The van der Waals surface area contributed by atoms with Gasteiger partial charge in [0.1, 0.15) is 6.61 Å². The molecule has 1 amide bonds. The Hall–Kier alpha value is -2.30. The molecule has 0 spiro atoms. The number of amides is 1. The smallest absolute Gasteiger partial charge is 0.410 e. The Morgan fingerprint density at radius 2 is 2.10 bits per heavy atom. The van der Waals surface area contributed by atoms with Crippen LogP contribution in [0.5, 0.6) is 0 Å². The summed E-state index contributed by atoms with van der Waals surface area (Å²) in [7, 11) is 0. The molecule has 1 aromatic carbocycles. The predicted octanol–water partition coefficient (Wildman–Crippen LogP) is 2.43. The van der Waals surface area contributed by atoms with Crippen molar-refractivity contribution in [3.8, 4) is 0 Å². The van der Waals surface area contributed by atoms with E-state index in [4.69, 9.17) is 9.84 Å². The monoisotopic (exact) mass is 275 g/mol. The lowest BCUT2D eigenvalue weighted by atomic mass is 10.2. The molecule has 1 unspecified atom stereocenters. The minimum Gasteiger partial charge on any atom is -0.478 e. The molecular weight excluding hydrogens is 258 g/mol. The summed E-state index contributed by atoms with van der Waals surface area (Å²) in [6.07, 6.45) is 3.85. The number of carbonyl (C=O) groups excluding carboxylic acids is 1. The molecule has 1 aliphatic rings. The summed E-state index contributed by atoms with van der Waals surface area (Å²) < 4.78 is 5.25. The first-order chi connectivity index (χ1) is 9.66. The van der Waals surface area contributed by atoms with Crippen LogP contribution in [0.3, 0.4) is 0 Å². The van der Waals surface area contributed by atoms with Crippen molar-refractivity contribution in [2.45, 2.75) is 25.5 Å². The van der Waals surface area contributed by atoms with E-state index in [9.17, 15) is 9.59 Å². The largest absolute Gasteiger partial charge is 0.478 e. The maximum atomic E-state index is 12.0. The van der Waals surface area contributed by atoms with Crippen molar-refractivity contribution < 1.29 is 19.4 Å². The van der Waals surface area contributed by atoms with E-state index in [2.05, 4.69) is 0 Å². The van der Waals surface area contributed by atoms with Crippen LogP contribution in [0, 0.1) is 0 Å². The maximum Gasteiger partial charge on any atom is 0.410 e. The van der Waals surface area contributed by atoms with Gasteiger partial charge in [-0.3, -0.25) is 0 Å². The van der Waals surface area contributed by atoms with E-state index in [1.54, 1.807) is 11.0 Å². The Bertz CT molecular complexity index is 498. The molecule has 106 valence electrons. The lowest BCUT2D eigenvalue weighted by molar-refractivity contribution is -0.131. The van der Waals surface area contributed by atoms with E-state index in [1.165, 1.54) is 0 Å². The van der Waals surface area contributed by atoms with Gasteiger partial charge in [0.2, 0.25) is 0 Å². The van der Waals surface area contributed by atoms with Gasteiger partial charge in [0, 0.05) is 12.6 Å². The first-order valence-corrected chi connectivity index (χ1v) is 6.55. The minimum absolute atomic E-state index is 0.186. The second kappa shape index (κ2) is 6.75. The number of ether oxygens (including phenoxy) is 1. The summed E-state index contributed by atoms with van der Waals surface area (Å²) in [5.41, 5.74) is 0.928. The highest BCUT2D eigenvalue weighted by molar-refractivity contribution is 5.80. The molecule has 5 heteroatoms. The number of aliphatic carboxylic acids is 1. The fourth-order valence-electron chi connectivity index (χ4n) is 2.21. The van der Waals surface area contributed by atoms with Crippen molar-refractivity contribution in [1.82, 2.24) is 4.90 Å². The molecule has 1 fully saturated rings. The van der Waals surface area contributed by atoms with Gasteiger partial charge in [0.05, 0.1) is 6.04 Å². The van der Waals surface area contributed by atoms with E-state index in [-0.39, 0.29) is 12.6 Å². The van der Waals surface area contributed by atoms with Crippen LogP contribution in [0.25, 0.3) is 0 Å². The van der Waals surface area contributed by atoms with Crippen molar-refractivity contribution in [2.75, 3.05) is 6.54 Å². The standard InChI is InChI=1S/C15H17NO4/c17-14(18)9-8-13-7-4-10-16(13)15(19)20-11-12-5-2-1-3-6-12/h1-3,5-6,8-9,13H,4,7,10-11H2,(H,17,18). The normalized spacial score (nSPS) is 18.4. The molecule has 0 radical (unpaired) electrons. The third kappa shape index (κ3) is 3.85. The highest BCUT2D eigenvalue weighted by atomic mass is 16.6. The topological polar surface area (TPSA) is 66.8 Å². The van der Waals surface area contributed by atoms with Gasteiger partial charge in [0.15, 0.2) is 0 Å². The molecular formula is C15H17NO4. The summed E-state index contributed by atoms with van der Waals surface area (Å²) in [5.74, 6) is -1.01. The summed E-state index contributed by atoms with van der Waals surface area (Å²) in [5, 5.41) is 8.63. The first kappa shape index (κ1) is 14.1. The van der Waals surface area contributed by atoms with Gasteiger partial charge in [-0.25, -0.2) is 9.59 Å². The van der Waals surface area contributed by atoms with E-state index in [0.717, 1.165) is 24.5 Å². The Kier molecular flexibility index (Phi) is 4.76. The van der Waals surface area contributed by atoms with Gasteiger partial charge in [-0.15, -0.1) is 0 Å². The lowest BCUT2D eigenvalue weighted by Gasteiger charge is -2.21. The quantitative estimate of drug-likeness (QED) is 0.857. The molecule has 0 saturated carbocycles. The van der Waals surface area contributed by atoms with E-state index in [0.29, 0.717) is 6.54 Å². The Morgan fingerprint density at radius 1 is 1.35 bits per heavy atom. The summed E-state index contributed by atoms with van der Waals surface area (Å²) >= 11 is 0. The molecule has 5 nitrogen and oxygen atoms in total. The molecule has 20 heavy (non-hydrogen) atoms. The number of benzene rings is 1. The predicted molar refractivity (Wildman–Crippen MR) is 73.1 cm³/mol. The Morgan fingerprint density at radius 3 is 2.80 bits per heavy atom.